The first-order valence-electron chi connectivity index (χ1n) is 9.62. The lowest BCUT2D eigenvalue weighted by Crippen LogP contribution is -2.36. The van der Waals surface area contributed by atoms with E-state index in [1.165, 1.54) is 16.4 Å². The highest BCUT2D eigenvalue weighted by Crippen LogP contribution is 2.42. The average molecular weight is 431 g/mol. The number of H-pyrrole nitrogens is 1. The predicted molar refractivity (Wildman–Crippen MR) is 112 cm³/mol. The highest BCUT2D eigenvalue weighted by atomic mass is 32.2. The molecule has 8 heteroatoms. The number of nitrogens with one attached hydrogen (secondary N) is 1. The number of benzene rings is 2. The summed E-state index contributed by atoms with van der Waals surface area (Å²) in [6.07, 6.45) is 1.78. The number of hydrogen-bond donors (Lipinski definition) is 1. The molecule has 0 fully saturated rings. The van der Waals surface area contributed by atoms with Gasteiger partial charge in [-0.2, -0.15) is 4.31 Å². The van der Waals surface area contributed by atoms with Crippen LogP contribution in [0.3, 0.4) is 0 Å². The van der Waals surface area contributed by atoms with Crippen molar-refractivity contribution in [1.82, 2.24) is 9.29 Å². The second kappa shape index (κ2) is 6.92. The average Bonchev–Trinajstić information content (AvgIpc) is 3.13. The molecule has 6 nitrogen and oxygen atoms in total. The van der Waals surface area contributed by atoms with E-state index in [2.05, 4.69) is 4.98 Å². The van der Waals surface area contributed by atoms with Crippen LogP contribution in [0, 0.1) is 5.82 Å². The van der Waals surface area contributed by atoms with Crippen LogP contribution in [0.25, 0.3) is 22.0 Å². The maximum atomic E-state index is 13.5. The molecule has 1 aliphatic rings. The molecule has 1 N–H and O–H groups in total. The van der Waals surface area contributed by atoms with E-state index in [0.29, 0.717) is 11.1 Å². The molecule has 0 aliphatic carbocycles. The van der Waals surface area contributed by atoms with E-state index in [4.69, 9.17) is 4.74 Å². The minimum atomic E-state index is -3.80. The van der Waals surface area contributed by atoms with Crippen LogP contribution in [0.15, 0.2) is 47.5 Å². The number of halogens is 1. The molecule has 0 spiro atoms. The molecule has 0 saturated heterocycles. The highest BCUT2D eigenvalue weighted by Gasteiger charge is 2.42. The van der Waals surface area contributed by atoms with E-state index in [0.717, 1.165) is 16.5 Å². The van der Waals surface area contributed by atoms with Gasteiger partial charge in [0.2, 0.25) is 10.0 Å². The lowest BCUT2D eigenvalue weighted by atomic mass is 9.99. The van der Waals surface area contributed by atoms with Crippen molar-refractivity contribution < 1.29 is 22.3 Å². The van der Waals surface area contributed by atoms with Crippen molar-refractivity contribution in [1.29, 1.82) is 0 Å². The molecule has 0 radical (unpaired) electrons. The van der Waals surface area contributed by atoms with Gasteiger partial charge in [-0.3, -0.25) is 4.79 Å². The topological polar surface area (TPSA) is 79.5 Å². The van der Waals surface area contributed by atoms with Gasteiger partial charge in [0.1, 0.15) is 18.0 Å². The van der Waals surface area contributed by atoms with Crippen molar-refractivity contribution >= 4 is 26.9 Å². The number of aromatic amines is 1. The fourth-order valence-corrected chi connectivity index (χ4v) is 5.65. The van der Waals surface area contributed by atoms with Crippen molar-refractivity contribution in [2.24, 2.45) is 0 Å². The van der Waals surface area contributed by atoms with Crippen LogP contribution >= 0.6 is 0 Å². The second-order valence-corrected chi connectivity index (χ2v) is 10.3. The number of carbonyl (C=O) groups excluding carboxylic acids is 1. The highest BCUT2D eigenvalue weighted by molar-refractivity contribution is 7.89. The zero-order valence-electron chi connectivity index (χ0n) is 17.2. The first kappa shape index (κ1) is 20.6. The van der Waals surface area contributed by atoms with Gasteiger partial charge in [-0.1, -0.05) is 6.07 Å². The van der Waals surface area contributed by atoms with Crippen molar-refractivity contribution in [2.75, 3.05) is 6.54 Å². The molecule has 1 atom stereocenters. The molecule has 3 aromatic rings. The SMILES string of the molecule is CC1c2cc(-c3c[nH]c4cc(F)ccc34)ccc2S(=O)(=O)N1CC(=O)OC(C)(C)C. The normalized spacial score (nSPS) is 18.5. The number of hydrogen-bond acceptors (Lipinski definition) is 4. The van der Waals surface area contributed by atoms with Crippen LogP contribution in [0.4, 0.5) is 4.39 Å². The summed E-state index contributed by atoms with van der Waals surface area (Å²) in [5.41, 5.74) is 2.25. The van der Waals surface area contributed by atoms with Gasteiger partial charge in [-0.25, -0.2) is 12.8 Å². The number of ether oxygens (including phenoxy) is 1. The number of carbonyl (C=O) groups is 1. The van der Waals surface area contributed by atoms with Gasteiger partial charge in [-0.15, -0.1) is 0 Å². The summed E-state index contributed by atoms with van der Waals surface area (Å²) < 4.78 is 46.0. The van der Waals surface area contributed by atoms with E-state index in [1.807, 2.05) is 6.07 Å². The molecule has 2 aromatic carbocycles. The molecular formula is C22H23FN2O4S. The minimum absolute atomic E-state index is 0.188. The molecule has 1 unspecified atom stereocenters. The Bertz CT molecular complexity index is 1260. The summed E-state index contributed by atoms with van der Waals surface area (Å²) in [5, 5.41) is 0.843. The third-order valence-corrected chi connectivity index (χ3v) is 7.13. The standard InChI is InChI=1S/C22H23FN2O4S/c1-13-17-9-14(18-11-24-19-10-15(23)6-7-16(18)19)5-8-20(17)30(27,28)25(13)12-21(26)29-22(2,3)4/h5-11,13,24H,12H2,1-4H3. The predicted octanol–water partition coefficient (Wildman–Crippen LogP) is 4.38. The Kier molecular flexibility index (Phi) is 4.74. The van der Waals surface area contributed by atoms with Crippen LogP contribution in [-0.2, 0) is 19.6 Å². The maximum Gasteiger partial charge on any atom is 0.321 e. The van der Waals surface area contributed by atoms with Gasteiger partial charge in [0, 0.05) is 28.7 Å². The zero-order chi connectivity index (χ0) is 21.8. The molecule has 158 valence electrons. The zero-order valence-corrected chi connectivity index (χ0v) is 18.0. The fraction of sp³-hybridized carbons (Fsp3) is 0.318. The van der Waals surface area contributed by atoms with Crippen LogP contribution in [0.5, 0.6) is 0 Å². The molecule has 1 aliphatic heterocycles. The van der Waals surface area contributed by atoms with E-state index < -0.39 is 27.6 Å². The molecule has 2 heterocycles. The van der Waals surface area contributed by atoms with Gasteiger partial charge in [0.15, 0.2) is 0 Å². The molecule has 1 aromatic heterocycles. The van der Waals surface area contributed by atoms with Crippen molar-refractivity contribution in [3.63, 3.8) is 0 Å². The van der Waals surface area contributed by atoms with Gasteiger partial charge in [0.05, 0.1) is 4.90 Å². The lowest BCUT2D eigenvalue weighted by molar-refractivity contribution is -0.155. The Morgan fingerprint density at radius 1 is 1.20 bits per heavy atom. The van der Waals surface area contributed by atoms with Gasteiger partial charge >= 0.3 is 5.97 Å². The summed E-state index contributed by atoms with van der Waals surface area (Å²) in [5.74, 6) is -0.924. The van der Waals surface area contributed by atoms with Crippen LogP contribution in [-0.4, -0.2) is 35.8 Å². The summed E-state index contributed by atoms with van der Waals surface area (Å²) >= 11 is 0. The molecule has 4 rings (SSSR count). The smallest absolute Gasteiger partial charge is 0.321 e. The summed E-state index contributed by atoms with van der Waals surface area (Å²) in [6, 6.07) is 9.10. The third kappa shape index (κ3) is 3.50. The Morgan fingerprint density at radius 3 is 2.63 bits per heavy atom. The molecule has 30 heavy (non-hydrogen) atoms. The quantitative estimate of drug-likeness (QED) is 0.626. The van der Waals surface area contributed by atoms with E-state index in [1.54, 1.807) is 52.1 Å². The van der Waals surface area contributed by atoms with E-state index in [-0.39, 0.29) is 17.3 Å². The van der Waals surface area contributed by atoms with Crippen molar-refractivity contribution in [2.45, 2.75) is 44.2 Å². The molecule has 0 saturated carbocycles. The van der Waals surface area contributed by atoms with Crippen LogP contribution < -0.4 is 0 Å². The number of aromatic nitrogens is 1. The monoisotopic (exact) mass is 430 g/mol. The number of sulfonamides is 1. The summed E-state index contributed by atoms with van der Waals surface area (Å²) in [6.45, 7) is 6.61. The number of fused-ring (bicyclic) bond motifs is 2. The number of rotatable bonds is 3. The summed E-state index contributed by atoms with van der Waals surface area (Å²) in [4.78, 5) is 15.5. The second-order valence-electron chi connectivity index (χ2n) is 8.46. The minimum Gasteiger partial charge on any atom is -0.459 e. The van der Waals surface area contributed by atoms with Crippen molar-refractivity contribution in [3.05, 3.63) is 54.0 Å². The Labute approximate surface area is 174 Å². The first-order valence-corrected chi connectivity index (χ1v) is 11.1. The first-order chi connectivity index (χ1) is 14.0. The maximum absolute atomic E-state index is 13.5. The molecule has 0 amide bonds. The fourth-order valence-electron chi connectivity index (χ4n) is 3.83. The Balaban J connectivity index is 1.71. The summed E-state index contributed by atoms with van der Waals surface area (Å²) in [7, 11) is -3.80. The largest absolute Gasteiger partial charge is 0.459 e. The number of nitrogens with zero attached hydrogens (tertiary/aromatic N) is 1. The number of esters is 1. The Hall–Kier alpha value is -2.71. The van der Waals surface area contributed by atoms with Crippen LogP contribution in [0.2, 0.25) is 0 Å². The lowest BCUT2D eigenvalue weighted by Gasteiger charge is -2.23. The van der Waals surface area contributed by atoms with Gasteiger partial charge < -0.3 is 9.72 Å². The van der Waals surface area contributed by atoms with Gasteiger partial charge in [-0.05, 0) is 69.2 Å². The van der Waals surface area contributed by atoms with Crippen molar-refractivity contribution in [3.8, 4) is 11.1 Å². The molecular weight excluding hydrogens is 407 g/mol. The molecule has 0 bridgehead atoms. The Morgan fingerprint density at radius 2 is 1.93 bits per heavy atom. The third-order valence-electron chi connectivity index (χ3n) is 5.14. The van der Waals surface area contributed by atoms with E-state index in [9.17, 15) is 17.6 Å². The van der Waals surface area contributed by atoms with Crippen LogP contribution in [0.1, 0.15) is 39.3 Å². The van der Waals surface area contributed by atoms with Gasteiger partial charge in [0.25, 0.3) is 0 Å². The van der Waals surface area contributed by atoms with E-state index >= 15 is 0 Å².